The van der Waals surface area contributed by atoms with Gasteiger partial charge in [0.1, 0.15) is 23.0 Å². The third kappa shape index (κ3) is 2.56. The summed E-state index contributed by atoms with van der Waals surface area (Å²) in [5, 5.41) is 0.692. The zero-order chi connectivity index (χ0) is 15.0. The maximum Gasteiger partial charge on any atom is 0.260 e. The van der Waals surface area contributed by atoms with E-state index >= 15 is 0 Å². The molecule has 0 atom stereocenters. The molecule has 0 aliphatic rings. The van der Waals surface area contributed by atoms with Crippen LogP contribution < -0.4 is 10.3 Å². The van der Waals surface area contributed by atoms with Crippen LogP contribution in [0, 0.1) is 20.8 Å². The van der Waals surface area contributed by atoms with Crippen molar-refractivity contribution in [2.24, 2.45) is 0 Å². The molecule has 0 fully saturated rings. The van der Waals surface area contributed by atoms with Gasteiger partial charge in [0.2, 0.25) is 0 Å². The van der Waals surface area contributed by atoms with Crippen molar-refractivity contribution in [2.45, 2.75) is 27.4 Å². The standard InChI is InChI=1S/C16H16N2O2S/c1-9-6-4-5-7-12(9)20-8-13-17-15(19)14-10(2)11(3)21-16(14)18-13/h4-7H,8H2,1-3H3,(H,17,18,19). The molecule has 1 N–H and O–H groups in total. The van der Waals surface area contributed by atoms with Crippen molar-refractivity contribution in [3.63, 3.8) is 0 Å². The number of aromatic nitrogens is 2. The molecule has 0 radical (unpaired) electrons. The van der Waals surface area contributed by atoms with Gasteiger partial charge in [0.05, 0.1) is 5.39 Å². The number of hydrogen-bond donors (Lipinski definition) is 1. The van der Waals surface area contributed by atoms with Crippen molar-refractivity contribution in [3.8, 4) is 5.75 Å². The summed E-state index contributed by atoms with van der Waals surface area (Å²) in [6.45, 7) is 6.20. The molecule has 3 aromatic rings. The number of thiophene rings is 1. The SMILES string of the molecule is Cc1ccccc1OCc1nc2sc(C)c(C)c2c(=O)[nH]1. The minimum Gasteiger partial charge on any atom is -0.485 e. The van der Waals surface area contributed by atoms with E-state index < -0.39 is 0 Å². The maximum atomic E-state index is 12.2. The monoisotopic (exact) mass is 300 g/mol. The summed E-state index contributed by atoms with van der Waals surface area (Å²) in [6.07, 6.45) is 0. The smallest absolute Gasteiger partial charge is 0.260 e. The van der Waals surface area contributed by atoms with Crippen LogP contribution >= 0.6 is 11.3 Å². The Balaban J connectivity index is 1.92. The second-order valence-corrected chi connectivity index (χ2v) is 6.23. The van der Waals surface area contributed by atoms with Gasteiger partial charge in [0, 0.05) is 4.88 Å². The predicted molar refractivity (Wildman–Crippen MR) is 85.2 cm³/mol. The van der Waals surface area contributed by atoms with Crippen LogP contribution in [0.1, 0.15) is 21.8 Å². The van der Waals surface area contributed by atoms with E-state index in [1.54, 1.807) is 11.3 Å². The van der Waals surface area contributed by atoms with Gasteiger partial charge < -0.3 is 9.72 Å². The highest BCUT2D eigenvalue weighted by Crippen LogP contribution is 2.26. The average molecular weight is 300 g/mol. The fourth-order valence-corrected chi connectivity index (χ4v) is 3.28. The van der Waals surface area contributed by atoms with Gasteiger partial charge in [-0.1, -0.05) is 18.2 Å². The van der Waals surface area contributed by atoms with Gasteiger partial charge in [-0.25, -0.2) is 4.98 Å². The van der Waals surface area contributed by atoms with Crippen LogP contribution in [-0.2, 0) is 6.61 Å². The van der Waals surface area contributed by atoms with E-state index in [9.17, 15) is 4.79 Å². The first-order valence-electron chi connectivity index (χ1n) is 6.73. The molecule has 2 heterocycles. The maximum absolute atomic E-state index is 12.2. The Morgan fingerprint density at radius 1 is 1.24 bits per heavy atom. The largest absolute Gasteiger partial charge is 0.485 e. The van der Waals surface area contributed by atoms with E-state index in [-0.39, 0.29) is 12.2 Å². The summed E-state index contributed by atoms with van der Waals surface area (Å²) in [5.74, 6) is 1.36. The molecule has 0 unspecified atom stereocenters. The van der Waals surface area contributed by atoms with Gasteiger partial charge in [-0.3, -0.25) is 4.79 Å². The number of ether oxygens (including phenoxy) is 1. The van der Waals surface area contributed by atoms with E-state index in [4.69, 9.17) is 4.74 Å². The molecule has 0 aliphatic carbocycles. The second kappa shape index (κ2) is 5.33. The van der Waals surface area contributed by atoms with Crippen LogP contribution in [0.15, 0.2) is 29.1 Å². The number of H-pyrrole nitrogens is 1. The summed E-state index contributed by atoms with van der Waals surface area (Å²) in [6, 6.07) is 7.78. The number of hydrogen-bond acceptors (Lipinski definition) is 4. The molecule has 0 bridgehead atoms. The third-order valence-corrected chi connectivity index (χ3v) is 4.65. The Kier molecular flexibility index (Phi) is 3.51. The molecular formula is C16H16N2O2S. The summed E-state index contributed by atoms with van der Waals surface area (Å²) >= 11 is 1.55. The highest BCUT2D eigenvalue weighted by Gasteiger charge is 2.12. The first-order chi connectivity index (χ1) is 10.1. The Hall–Kier alpha value is -2.14. The van der Waals surface area contributed by atoms with Gasteiger partial charge in [0.15, 0.2) is 0 Å². The molecule has 21 heavy (non-hydrogen) atoms. The molecule has 0 saturated heterocycles. The minimum absolute atomic E-state index is 0.0924. The zero-order valence-electron chi connectivity index (χ0n) is 12.2. The Bertz CT molecular complexity index is 864. The first-order valence-corrected chi connectivity index (χ1v) is 7.55. The predicted octanol–water partition coefficient (Wildman–Crippen LogP) is 3.49. The van der Waals surface area contributed by atoms with Crippen LogP contribution in [0.25, 0.3) is 10.2 Å². The fourth-order valence-electron chi connectivity index (χ4n) is 2.23. The van der Waals surface area contributed by atoms with E-state index in [1.807, 2.05) is 45.0 Å². The van der Waals surface area contributed by atoms with E-state index in [1.165, 1.54) is 0 Å². The van der Waals surface area contributed by atoms with Gasteiger partial charge in [-0.15, -0.1) is 11.3 Å². The molecule has 0 spiro atoms. The van der Waals surface area contributed by atoms with Crippen LogP contribution in [-0.4, -0.2) is 9.97 Å². The summed E-state index contributed by atoms with van der Waals surface area (Å²) < 4.78 is 5.74. The second-order valence-electron chi connectivity index (χ2n) is 5.03. The van der Waals surface area contributed by atoms with E-state index in [0.717, 1.165) is 26.6 Å². The summed E-state index contributed by atoms with van der Waals surface area (Å²) in [7, 11) is 0. The lowest BCUT2D eigenvalue weighted by Crippen LogP contribution is -2.13. The first kappa shape index (κ1) is 13.8. The number of rotatable bonds is 3. The van der Waals surface area contributed by atoms with Crippen molar-refractivity contribution < 1.29 is 4.74 Å². The lowest BCUT2D eigenvalue weighted by Gasteiger charge is -2.08. The number of aryl methyl sites for hydroxylation is 3. The van der Waals surface area contributed by atoms with Gasteiger partial charge in [-0.05, 0) is 38.0 Å². The Labute approximate surface area is 126 Å². The molecule has 1 aromatic carbocycles. The van der Waals surface area contributed by atoms with Crippen LogP contribution in [0.2, 0.25) is 0 Å². The zero-order valence-corrected chi connectivity index (χ0v) is 13.0. The lowest BCUT2D eigenvalue weighted by molar-refractivity contribution is 0.294. The van der Waals surface area contributed by atoms with Gasteiger partial charge in [-0.2, -0.15) is 0 Å². The molecule has 4 nitrogen and oxygen atoms in total. The quantitative estimate of drug-likeness (QED) is 0.805. The number of aromatic amines is 1. The molecule has 108 valence electrons. The Morgan fingerprint density at radius 3 is 2.76 bits per heavy atom. The van der Waals surface area contributed by atoms with Crippen LogP contribution in [0.4, 0.5) is 0 Å². The van der Waals surface area contributed by atoms with Gasteiger partial charge >= 0.3 is 0 Å². The summed E-state index contributed by atoms with van der Waals surface area (Å²) in [5.41, 5.74) is 1.98. The highest BCUT2D eigenvalue weighted by molar-refractivity contribution is 7.18. The molecule has 0 saturated carbocycles. The number of fused-ring (bicyclic) bond motifs is 1. The van der Waals surface area contributed by atoms with E-state index in [2.05, 4.69) is 9.97 Å². The van der Waals surface area contributed by atoms with Crippen molar-refractivity contribution in [2.75, 3.05) is 0 Å². The molecule has 3 rings (SSSR count). The number of nitrogens with one attached hydrogen (secondary N) is 1. The van der Waals surface area contributed by atoms with Crippen LogP contribution in [0.3, 0.4) is 0 Å². The number of nitrogens with zero attached hydrogens (tertiary/aromatic N) is 1. The van der Waals surface area contributed by atoms with Crippen molar-refractivity contribution >= 4 is 21.6 Å². The number of para-hydroxylation sites is 1. The Morgan fingerprint density at radius 2 is 2.00 bits per heavy atom. The molecule has 0 aliphatic heterocycles. The molecular weight excluding hydrogens is 284 g/mol. The molecule has 5 heteroatoms. The van der Waals surface area contributed by atoms with Crippen molar-refractivity contribution in [1.29, 1.82) is 0 Å². The van der Waals surface area contributed by atoms with Gasteiger partial charge in [0.25, 0.3) is 5.56 Å². The highest BCUT2D eigenvalue weighted by atomic mass is 32.1. The molecule has 0 amide bonds. The normalized spacial score (nSPS) is 11.0. The number of benzene rings is 1. The summed E-state index contributed by atoms with van der Waals surface area (Å²) in [4.78, 5) is 21.4. The average Bonchev–Trinajstić information content (AvgIpc) is 2.73. The fraction of sp³-hybridized carbons (Fsp3) is 0.250. The molecule has 2 aromatic heterocycles. The van der Waals surface area contributed by atoms with Crippen molar-refractivity contribution in [3.05, 3.63) is 56.4 Å². The van der Waals surface area contributed by atoms with Crippen molar-refractivity contribution in [1.82, 2.24) is 9.97 Å². The lowest BCUT2D eigenvalue weighted by atomic mass is 10.2. The van der Waals surface area contributed by atoms with Crippen LogP contribution in [0.5, 0.6) is 5.75 Å². The minimum atomic E-state index is -0.0924. The van der Waals surface area contributed by atoms with E-state index in [0.29, 0.717) is 11.2 Å². The third-order valence-electron chi connectivity index (χ3n) is 3.55. The topological polar surface area (TPSA) is 55.0 Å².